The Hall–Kier alpha value is -3.39. The maximum absolute atomic E-state index is 12.2. The highest BCUT2D eigenvalue weighted by Crippen LogP contribution is 2.15. The molecule has 0 aliphatic rings. The van der Waals surface area contributed by atoms with Gasteiger partial charge in [-0.25, -0.2) is 14.5 Å². The zero-order valence-corrected chi connectivity index (χ0v) is 13.1. The molecular formula is C19H15N3O2. The molecule has 0 atom stereocenters. The first kappa shape index (κ1) is 15.5. The summed E-state index contributed by atoms with van der Waals surface area (Å²) in [4.78, 5) is 16.3. The topological polar surface area (TPSA) is 57.0 Å². The molecule has 0 saturated heterocycles. The van der Waals surface area contributed by atoms with Crippen LogP contribution in [0.15, 0.2) is 60.9 Å². The second-order valence-electron chi connectivity index (χ2n) is 4.84. The summed E-state index contributed by atoms with van der Waals surface area (Å²) in [6, 6.07) is 15.0. The van der Waals surface area contributed by atoms with Crippen molar-refractivity contribution in [3.05, 3.63) is 77.9 Å². The number of carbonyl (C=O) groups is 1. The summed E-state index contributed by atoms with van der Waals surface area (Å²) in [6.07, 6.45) is 3.15. The summed E-state index contributed by atoms with van der Waals surface area (Å²) < 4.78 is 6.72. The lowest BCUT2D eigenvalue weighted by Crippen LogP contribution is -2.07. The Morgan fingerprint density at radius 2 is 1.92 bits per heavy atom. The van der Waals surface area contributed by atoms with Crippen LogP contribution in [-0.4, -0.2) is 27.3 Å². The number of nitrogens with zero attached hydrogens (tertiary/aromatic N) is 3. The first-order chi connectivity index (χ1) is 11.8. The van der Waals surface area contributed by atoms with Crippen LogP contribution in [0.4, 0.5) is 0 Å². The standard InChI is InChI=1S/C19H15N3O2/c1-2-24-19(23)17-14-21-22(16-9-4-3-5-10-16)18(17)12-11-15-8-6-7-13-20-15/h3-10,13-14H,2H2,1H3. The highest BCUT2D eigenvalue weighted by molar-refractivity contribution is 5.91. The number of aromatic nitrogens is 3. The lowest BCUT2D eigenvalue weighted by molar-refractivity contribution is 0.0526. The van der Waals surface area contributed by atoms with Crippen molar-refractivity contribution in [2.75, 3.05) is 6.61 Å². The monoisotopic (exact) mass is 317 g/mol. The fourth-order valence-electron chi connectivity index (χ4n) is 2.15. The summed E-state index contributed by atoms with van der Waals surface area (Å²) in [6.45, 7) is 2.06. The SMILES string of the molecule is CCOC(=O)c1cnn(-c2ccccc2)c1C#Cc1ccccn1. The molecule has 5 heteroatoms. The minimum absolute atomic E-state index is 0.294. The molecule has 0 spiro atoms. The molecule has 0 unspecified atom stereocenters. The Morgan fingerprint density at radius 3 is 2.62 bits per heavy atom. The molecule has 2 aromatic heterocycles. The van der Waals surface area contributed by atoms with Gasteiger partial charge in [-0.1, -0.05) is 24.3 Å². The van der Waals surface area contributed by atoms with Crippen LogP contribution in [0.2, 0.25) is 0 Å². The Morgan fingerprint density at radius 1 is 1.12 bits per heavy atom. The van der Waals surface area contributed by atoms with E-state index in [0.29, 0.717) is 23.6 Å². The van der Waals surface area contributed by atoms with Crippen molar-refractivity contribution in [1.82, 2.24) is 14.8 Å². The van der Waals surface area contributed by atoms with Crippen LogP contribution in [0.5, 0.6) is 0 Å². The third-order valence-electron chi connectivity index (χ3n) is 3.24. The minimum Gasteiger partial charge on any atom is -0.462 e. The van der Waals surface area contributed by atoms with E-state index in [1.807, 2.05) is 42.5 Å². The molecule has 3 aromatic rings. The molecule has 1 aromatic carbocycles. The van der Waals surface area contributed by atoms with Crippen molar-refractivity contribution in [2.24, 2.45) is 0 Å². The summed E-state index contributed by atoms with van der Waals surface area (Å²) >= 11 is 0. The summed E-state index contributed by atoms with van der Waals surface area (Å²) in [7, 11) is 0. The highest BCUT2D eigenvalue weighted by atomic mass is 16.5. The van der Waals surface area contributed by atoms with E-state index in [1.54, 1.807) is 23.9 Å². The van der Waals surface area contributed by atoms with Gasteiger partial charge in [0, 0.05) is 6.20 Å². The normalized spacial score (nSPS) is 9.88. The minimum atomic E-state index is -0.440. The average molecular weight is 317 g/mol. The van der Waals surface area contributed by atoms with Crippen LogP contribution in [-0.2, 0) is 4.74 Å². The van der Waals surface area contributed by atoms with Gasteiger partial charge in [0.1, 0.15) is 17.0 Å². The zero-order chi connectivity index (χ0) is 16.8. The Balaban J connectivity index is 2.08. The van der Waals surface area contributed by atoms with E-state index in [9.17, 15) is 4.79 Å². The quantitative estimate of drug-likeness (QED) is 0.550. The molecule has 3 rings (SSSR count). The third-order valence-corrected chi connectivity index (χ3v) is 3.24. The second-order valence-corrected chi connectivity index (χ2v) is 4.84. The summed E-state index contributed by atoms with van der Waals surface area (Å²) in [5.41, 5.74) is 2.25. The maximum atomic E-state index is 12.2. The largest absolute Gasteiger partial charge is 0.462 e. The Bertz CT molecular complexity index is 891. The number of benzene rings is 1. The molecule has 0 N–H and O–H groups in total. The number of esters is 1. The molecule has 0 amide bonds. The van der Waals surface area contributed by atoms with Gasteiger partial charge in [0.2, 0.25) is 0 Å². The van der Waals surface area contributed by atoms with Crippen molar-refractivity contribution in [2.45, 2.75) is 6.92 Å². The second kappa shape index (κ2) is 7.25. The first-order valence-electron chi connectivity index (χ1n) is 7.53. The summed E-state index contributed by atoms with van der Waals surface area (Å²) in [5, 5.41) is 4.29. The maximum Gasteiger partial charge on any atom is 0.342 e. The van der Waals surface area contributed by atoms with E-state index in [2.05, 4.69) is 21.9 Å². The van der Waals surface area contributed by atoms with Gasteiger partial charge < -0.3 is 4.74 Å². The van der Waals surface area contributed by atoms with Gasteiger partial charge in [0.15, 0.2) is 0 Å². The van der Waals surface area contributed by atoms with Crippen LogP contribution >= 0.6 is 0 Å². The number of rotatable bonds is 3. The van der Waals surface area contributed by atoms with Gasteiger partial charge >= 0.3 is 5.97 Å². The van der Waals surface area contributed by atoms with Crippen molar-refractivity contribution < 1.29 is 9.53 Å². The van der Waals surface area contributed by atoms with E-state index < -0.39 is 5.97 Å². The van der Waals surface area contributed by atoms with Crippen LogP contribution in [0.1, 0.15) is 28.7 Å². The number of ether oxygens (including phenoxy) is 1. The smallest absolute Gasteiger partial charge is 0.342 e. The van der Waals surface area contributed by atoms with E-state index in [1.165, 1.54) is 6.20 Å². The van der Waals surface area contributed by atoms with E-state index >= 15 is 0 Å². The van der Waals surface area contributed by atoms with Crippen molar-refractivity contribution in [1.29, 1.82) is 0 Å². The third kappa shape index (κ3) is 3.33. The van der Waals surface area contributed by atoms with Gasteiger partial charge in [-0.2, -0.15) is 5.10 Å². The number of pyridine rings is 1. The van der Waals surface area contributed by atoms with Crippen molar-refractivity contribution in [3.63, 3.8) is 0 Å². The van der Waals surface area contributed by atoms with Crippen molar-refractivity contribution >= 4 is 5.97 Å². The molecule has 5 nitrogen and oxygen atoms in total. The fraction of sp³-hybridized carbons (Fsp3) is 0.105. The molecule has 24 heavy (non-hydrogen) atoms. The van der Waals surface area contributed by atoms with Gasteiger partial charge in [-0.3, -0.25) is 0 Å². The predicted molar refractivity (Wildman–Crippen MR) is 89.7 cm³/mol. The molecule has 0 aliphatic carbocycles. The van der Waals surface area contributed by atoms with Gasteiger partial charge in [-0.05, 0) is 43.0 Å². The zero-order valence-electron chi connectivity index (χ0n) is 13.1. The lowest BCUT2D eigenvalue weighted by atomic mass is 10.2. The molecule has 0 saturated carbocycles. The number of hydrogen-bond acceptors (Lipinski definition) is 4. The molecule has 0 aliphatic heterocycles. The average Bonchev–Trinajstić information content (AvgIpc) is 3.06. The van der Waals surface area contributed by atoms with Gasteiger partial charge in [0.25, 0.3) is 0 Å². The van der Waals surface area contributed by atoms with Gasteiger partial charge in [0.05, 0.1) is 18.5 Å². The number of para-hydroxylation sites is 1. The van der Waals surface area contributed by atoms with E-state index in [0.717, 1.165) is 5.69 Å². The lowest BCUT2D eigenvalue weighted by Gasteiger charge is -2.04. The van der Waals surface area contributed by atoms with E-state index in [-0.39, 0.29) is 0 Å². The fourth-order valence-corrected chi connectivity index (χ4v) is 2.15. The van der Waals surface area contributed by atoms with E-state index in [4.69, 9.17) is 4.74 Å². The van der Waals surface area contributed by atoms with Crippen LogP contribution in [0.3, 0.4) is 0 Å². The molecule has 0 bridgehead atoms. The Labute approximate surface area is 139 Å². The van der Waals surface area contributed by atoms with Crippen molar-refractivity contribution in [3.8, 4) is 17.5 Å². The highest BCUT2D eigenvalue weighted by Gasteiger charge is 2.18. The number of hydrogen-bond donors (Lipinski definition) is 0. The molecule has 118 valence electrons. The molecule has 2 heterocycles. The Kier molecular flexibility index (Phi) is 4.68. The molecule has 0 radical (unpaired) electrons. The molecular weight excluding hydrogens is 302 g/mol. The van der Waals surface area contributed by atoms with Gasteiger partial charge in [-0.15, -0.1) is 0 Å². The van der Waals surface area contributed by atoms with Crippen LogP contribution < -0.4 is 0 Å². The summed E-state index contributed by atoms with van der Waals surface area (Å²) in [5.74, 6) is 5.53. The molecule has 0 fully saturated rings. The van der Waals surface area contributed by atoms with Crippen LogP contribution in [0.25, 0.3) is 5.69 Å². The van der Waals surface area contributed by atoms with Crippen LogP contribution in [0, 0.1) is 11.8 Å². The predicted octanol–water partition coefficient (Wildman–Crippen LogP) is 2.84. The first-order valence-corrected chi connectivity index (χ1v) is 7.53. The number of carbonyl (C=O) groups excluding carboxylic acids is 1.